The fourth-order valence-corrected chi connectivity index (χ4v) is 1.84. The molecule has 0 bridgehead atoms. The van der Waals surface area contributed by atoms with Gasteiger partial charge in [0.1, 0.15) is 0 Å². The largest absolute Gasteiger partial charge is 0.195 e. The normalized spacial score (nSPS) is 10.6. The van der Waals surface area contributed by atoms with Crippen LogP contribution in [0.3, 0.4) is 0 Å². The first-order chi connectivity index (χ1) is 7.22. The van der Waals surface area contributed by atoms with Crippen LogP contribution in [0.25, 0.3) is 5.69 Å². The highest BCUT2D eigenvalue weighted by molar-refractivity contribution is 9.10. The quantitative estimate of drug-likeness (QED) is 0.797. The van der Waals surface area contributed by atoms with E-state index in [1.807, 2.05) is 25.1 Å². The topological polar surface area (TPSA) is 43.6 Å². The Balaban J connectivity index is 2.58. The Morgan fingerprint density at radius 2 is 2.27 bits per heavy atom. The van der Waals surface area contributed by atoms with Crippen LogP contribution in [0, 0.1) is 6.92 Å². The van der Waals surface area contributed by atoms with Crippen molar-refractivity contribution in [1.29, 1.82) is 0 Å². The van der Waals surface area contributed by atoms with Crippen molar-refractivity contribution >= 4 is 27.5 Å². The van der Waals surface area contributed by atoms with Crippen LogP contribution in [0.1, 0.15) is 11.4 Å². The molecule has 6 heteroatoms. The molecular weight excluding hydrogens is 279 g/mol. The monoisotopic (exact) mass is 286 g/mol. The van der Waals surface area contributed by atoms with E-state index in [1.165, 1.54) is 0 Å². The number of hydrogen-bond acceptors (Lipinski definition) is 3. The Morgan fingerprint density at radius 1 is 1.47 bits per heavy atom. The van der Waals surface area contributed by atoms with Gasteiger partial charge < -0.3 is 0 Å². The fourth-order valence-electron chi connectivity index (χ4n) is 1.26. The van der Waals surface area contributed by atoms with Crippen LogP contribution in [0.2, 0.25) is 0 Å². The molecule has 78 valence electrons. The summed E-state index contributed by atoms with van der Waals surface area (Å²) < 4.78 is 2.57. The third-order valence-corrected chi connectivity index (χ3v) is 2.89. The van der Waals surface area contributed by atoms with Gasteiger partial charge in [0.05, 0.1) is 11.6 Å². The minimum Gasteiger partial charge on any atom is -0.195 e. The van der Waals surface area contributed by atoms with Gasteiger partial charge in [0.2, 0.25) is 0 Å². The van der Waals surface area contributed by atoms with E-state index in [4.69, 9.17) is 11.6 Å². The molecule has 0 aliphatic rings. The lowest BCUT2D eigenvalue weighted by atomic mass is 10.2. The number of alkyl halides is 1. The Hall–Kier alpha value is -0.940. The van der Waals surface area contributed by atoms with E-state index >= 15 is 0 Å². The number of halogens is 2. The summed E-state index contributed by atoms with van der Waals surface area (Å²) >= 11 is 9.19. The molecule has 0 aliphatic carbocycles. The summed E-state index contributed by atoms with van der Waals surface area (Å²) in [5.74, 6) is 0.913. The van der Waals surface area contributed by atoms with E-state index in [2.05, 4.69) is 31.5 Å². The molecule has 1 heterocycles. The molecule has 0 amide bonds. The molecule has 1 aromatic carbocycles. The van der Waals surface area contributed by atoms with Crippen molar-refractivity contribution in [2.75, 3.05) is 0 Å². The van der Waals surface area contributed by atoms with Crippen molar-refractivity contribution < 1.29 is 0 Å². The first-order valence-corrected chi connectivity index (χ1v) is 5.65. The van der Waals surface area contributed by atoms with Gasteiger partial charge in [-0.15, -0.1) is 16.7 Å². The van der Waals surface area contributed by atoms with Gasteiger partial charge in [-0.2, -0.15) is 4.68 Å². The molecular formula is C9H8BrClN4. The Morgan fingerprint density at radius 3 is 3.00 bits per heavy atom. The van der Waals surface area contributed by atoms with Crippen LogP contribution >= 0.6 is 27.5 Å². The zero-order valence-electron chi connectivity index (χ0n) is 7.98. The van der Waals surface area contributed by atoms with E-state index in [-0.39, 0.29) is 5.88 Å². The van der Waals surface area contributed by atoms with Gasteiger partial charge >= 0.3 is 0 Å². The van der Waals surface area contributed by atoms with Crippen molar-refractivity contribution in [3.05, 3.63) is 34.1 Å². The van der Waals surface area contributed by atoms with Gasteiger partial charge in [-0.1, -0.05) is 6.07 Å². The molecule has 0 fully saturated rings. The van der Waals surface area contributed by atoms with Gasteiger partial charge in [-0.3, -0.25) is 0 Å². The van der Waals surface area contributed by atoms with E-state index < -0.39 is 0 Å². The van der Waals surface area contributed by atoms with Crippen LogP contribution in [0.5, 0.6) is 0 Å². The average Bonchev–Trinajstić information content (AvgIpc) is 2.69. The molecule has 0 spiro atoms. The summed E-state index contributed by atoms with van der Waals surface area (Å²) in [5, 5.41) is 11.3. The number of benzene rings is 1. The maximum absolute atomic E-state index is 5.74. The standard InChI is InChI=1S/C9H8BrClN4/c1-6-2-3-7(10)8(4-6)15-9(5-11)12-13-14-15/h2-4H,5H2,1H3. The highest BCUT2D eigenvalue weighted by atomic mass is 79.9. The van der Waals surface area contributed by atoms with Crippen molar-refractivity contribution in [3.8, 4) is 5.69 Å². The minimum absolute atomic E-state index is 0.285. The SMILES string of the molecule is Cc1ccc(Br)c(-n2nnnc2CCl)c1. The van der Waals surface area contributed by atoms with Gasteiger partial charge in [0.15, 0.2) is 5.82 Å². The number of hydrogen-bond donors (Lipinski definition) is 0. The van der Waals surface area contributed by atoms with E-state index in [9.17, 15) is 0 Å². The summed E-state index contributed by atoms with van der Waals surface area (Å²) in [6.07, 6.45) is 0. The maximum atomic E-state index is 5.74. The van der Waals surface area contributed by atoms with E-state index in [0.717, 1.165) is 15.7 Å². The summed E-state index contributed by atoms with van der Waals surface area (Å²) in [6.45, 7) is 2.01. The summed E-state index contributed by atoms with van der Waals surface area (Å²) in [4.78, 5) is 0. The number of aromatic nitrogens is 4. The third-order valence-electron chi connectivity index (χ3n) is 1.98. The molecule has 0 radical (unpaired) electrons. The Kier molecular flexibility index (Phi) is 3.02. The van der Waals surface area contributed by atoms with Crippen molar-refractivity contribution in [3.63, 3.8) is 0 Å². The zero-order valence-corrected chi connectivity index (χ0v) is 10.3. The van der Waals surface area contributed by atoms with E-state index in [0.29, 0.717) is 5.82 Å². The second-order valence-electron chi connectivity index (χ2n) is 3.10. The van der Waals surface area contributed by atoms with Crippen LogP contribution < -0.4 is 0 Å². The highest BCUT2D eigenvalue weighted by Gasteiger charge is 2.09. The van der Waals surface area contributed by atoms with Crippen LogP contribution in [-0.4, -0.2) is 20.2 Å². The van der Waals surface area contributed by atoms with Crippen LogP contribution in [-0.2, 0) is 5.88 Å². The van der Waals surface area contributed by atoms with Gasteiger partial charge in [-0.25, -0.2) is 0 Å². The maximum Gasteiger partial charge on any atom is 0.171 e. The molecule has 0 unspecified atom stereocenters. The molecule has 0 aliphatic heterocycles. The minimum atomic E-state index is 0.285. The fraction of sp³-hybridized carbons (Fsp3) is 0.222. The number of tetrazole rings is 1. The van der Waals surface area contributed by atoms with Gasteiger partial charge in [-0.05, 0) is 51.0 Å². The molecule has 15 heavy (non-hydrogen) atoms. The average molecular weight is 288 g/mol. The molecule has 2 rings (SSSR count). The number of rotatable bonds is 2. The van der Waals surface area contributed by atoms with Gasteiger partial charge in [0.25, 0.3) is 0 Å². The predicted molar refractivity (Wildman–Crippen MR) is 61.1 cm³/mol. The van der Waals surface area contributed by atoms with Crippen LogP contribution in [0.4, 0.5) is 0 Å². The molecule has 2 aromatic rings. The molecule has 0 N–H and O–H groups in total. The zero-order chi connectivity index (χ0) is 10.8. The summed E-state index contributed by atoms with van der Waals surface area (Å²) in [6, 6.07) is 5.97. The molecule has 1 aromatic heterocycles. The van der Waals surface area contributed by atoms with Crippen molar-refractivity contribution in [1.82, 2.24) is 20.2 Å². The van der Waals surface area contributed by atoms with Crippen molar-refractivity contribution in [2.45, 2.75) is 12.8 Å². The Labute approximate surface area is 100 Å². The highest BCUT2D eigenvalue weighted by Crippen LogP contribution is 2.22. The lowest BCUT2D eigenvalue weighted by Gasteiger charge is -2.06. The van der Waals surface area contributed by atoms with Gasteiger partial charge in [0, 0.05) is 4.47 Å². The first kappa shape index (κ1) is 10.6. The predicted octanol–water partition coefficient (Wildman–Crippen LogP) is 2.47. The third kappa shape index (κ3) is 2.03. The molecule has 0 saturated heterocycles. The smallest absolute Gasteiger partial charge is 0.171 e. The Bertz CT molecular complexity index is 483. The second kappa shape index (κ2) is 4.28. The first-order valence-electron chi connectivity index (χ1n) is 4.32. The summed E-state index contributed by atoms with van der Waals surface area (Å²) in [5.41, 5.74) is 2.04. The molecule has 0 atom stereocenters. The molecule has 0 saturated carbocycles. The lowest BCUT2D eigenvalue weighted by Crippen LogP contribution is -2.02. The summed E-state index contributed by atoms with van der Waals surface area (Å²) in [7, 11) is 0. The van der Waals surface area contributed by atoms with Crippen LogP contribution in [0.15, 0.2) is 22.7 Å². The second-order valence-corrected chi connectivity index (χ2v) is 4.22. The number of aryl methyl sites for hydroxylation is 1. The molecule has 4 nitrogen and oxygen atoms in total. The van der Waals surface area contributed by atoms with E-state index in [1.54, 1.807) is 4.68 Å². The lowest BCUT2D eigenvalue weighted by molar-refractivity contribution is 0.774. The van der Waals surface area contributed by atoms with Crippen molar-refractivity contribution in [2.24, 2.45) is 0 Å². The number of nitrogens with zero attached hydrogens (tertiary/aromatic N) is 4.